The van der Waals surface area contributed by atoms with E-state index in [-0.39, 0.29) is 34.6 Å². The monoisotopic (exact) mass is 567 g/mol. The lowest BCUT2D eigenvalue weighted by Gasteiger charge is -2.32. The van der Waals surface area contributed by atoms with Gasteiger partial charge in [0.15, 0.2) is 0 Å². The number of para-hydroxylation sites is 1. The minimum absolute atomic E-state index is 0.0247. The summed E-state index contributed by atoms with van der Waals surface area (Å²) in [5.41, 5.74) is 0.501. The van der Waals surface area contributed by atoms with Crippen LogP contribution < -0.4 is 14.4 Å². The van der Waals surface area contributed by atoms with E-state index >= 15 is 0 Å². The SMILES string of the molecule is COc1ccc(S(=O)(=O)N(CC(=O)N(Cc2ccccc2F)C(C)C(=O)NC2CCCC2)c2ccccc2)cc1. The quantitative estimate of drug-likeness (QED) is 0.368. The van der Waals surface area contributed by atoms with Crippen molar-refractivity contribution in [1.82, 2.24) is 10.2 Å². The van der Waals surface area contributed by atoms with E-state index in [0.717, 1.165) is 30.0 Å². The van der Waals surface area contributed by atoms with Crippen LogP contribution in [0.3, 0.4) is 0 Å². The van der Waals surface area contributed by atoms with Crippen LogP contribution >= 0.6 is 0 Å². The first kappa shape index (κ1) is 29.1. The van der Waals surface area contributed by atoms with Crippen LogP contribution in [0.15, 0.2) is 83.8 Å². The molecule has 0 radical (unpaired) electrons. The summed E-state index contributed by atoms with van der Waals surface area (Å²) in [4.78, 5) is 28.3. The van der Waals surface area contributed by atoms with Crippen molar-refractivity contribution in [2.45, 2.75) is 56.1 Å². The highest BCUT2D eigenvalue weighted by molar-refractivity contribution is 7.92. The Kier molecular flexibility index (Phi) is 9.42. The normalized spacial score (nSPS) is 14.4. The first-order valence-corrected chi connectivity index (χ1v) is 14.7. The number of rotatable bonds is 11. The fraction of sp³-hybridized carbons (Fsp3) is 0.333. The van der Waals surface area contributed by atoms with E-state index in [4.69, 9.17) is 4.74 Å². The number of hydrogen-bond acceptors (Lipinski definition) is 5. The van der Waals surface area contributed by atoms with E-state index < -0.39 is 34.3 Å². The molecule has 8 nitrogen and oxygen atoms in total. The summed E-state index contributed by atoms with van der Waals surface area (Å²) >= 11 is 0. The molecule has 0 saturated heterocycles. The van der Waals surface area contributed by atoms with Crippen molar-refractivity contribution in [1.29, 1.82) is 0 Å². The zero-order valence-corrected chi connectivity index (χ0v) is 23.4. The maximum Gasteiger partial charge on any atom is 0.264 e. The molecule has 3 aromatic rings. The average molecular weight is 568 g/mol. The van der Waals surface area contributed by atoms with Gasteiger partial charge in [-0.3, -0.25) is 13.9 Å². The van der Waals surface area contributed by atoms with Gasteiger partial charge in [-0.1, -0.05) is 49.2 Å². The Hall–Kier alpha value is -3.92. The smallest absolute Gasteiger partial charge is 0.264 e. The molecule has 0 bridgehead atoms. The minimum Gasteiger partial charge on any atom is -0.497 e. The molecule has 2 amide bonds. The van der Waals surface area contributed by atoms with Crippen molar-refractivity contribution in [3.8, 4) is 5.75 Å². The largest absolute Gasteiger partial charge is 0.497 e. The number of ether oxygens (including phenoxy) is 1. The van der Waals surface area contributed by atoms with Crippen LogP contribution in [0.2, 0.25) is 0 Å². The minimum atomic E-state index is -4.20. The molecular weight excluding hydrogens is 533 g/mol. The Balaban J connectivity index is 1.67. The van der Waals surface area contributed by atoms with Crippen LogP contribution in [0.25, 0.3) is 0 Å². The number of nitrogens with one attached hydrogen (secondary N) is 1. The van der Waals surface area contributed by atoms with Gasteiger partial charge < -0.3 is 15.0 Å². The maximum absolute atomic E-state index is 14.7. The predicted octanol–water partition coefficient (Wildman–Crippen LogP) is 4.51. The van der Waals surface area contributed by atoms with E-state index in [1.807, 2.05) is 0 Å². The van der Waals surface area contributed by atoms with Crippen LogP contribution in [0.5, 0.6) is 5.75 Å². The lowest BCUT2D eigenvalue weighted by Crippen LogP contribution is -2.52. The highest BCUT2D eigenvalue weighted by Gasteiger charge is 2.33. The number of carbonyl (C=O) groups is 2. The van der Waals surface area contributed by atoms with Crippen molar-refractivity contribution in [2.24, 2.45) is 0 Å². The third-order valence-corrected chi connectivity index (χ3v) is 8.93. The van der Waals surface area contributed by atoms with Gasteiger partial charge in [0.1, 0.15) is 24.2 Å². The highest BCUT2D eigenvalue weighted by Crippen LogP contribution is 2.26. The number of anilines is 1. The summed E-state index contributed by atoms with van der Waals surface area (Å²) in [5, 5.41) is 3.00. The molecule has 40 heavy (non-hydrogen) atoms. The molecule has 1 unspecified atom stereocenters. The van der Waals surface area contributed by atoms with Crippen molar-refractivity contribution in [3.05, 3.63) is 90.2 Å². The molecule has 1 fully saturated rings. The predicted molar refractivity (Wildman–Crippen MR) is 151 cm³/mol. The van der Waals surface area contributed by atoms with E-state index in [1.54, 1.807) is 55.5 Å². The van der Waals surface area contributed by atoms with Crippen molar-refractivity contribution >= 4 is 27.5 Å². The number of benzene rings is 3. The number of carbonyl (C=O) groups excluding carboxylic acids is 2. The van der Waals surface area contributed by atoms with Gasteiger partial charge in [-0.15, -0.1) is 0 Å². The number of halogens is 1. The first-order valence-electron chi connectivity index (χ1n) is 13.3. The molecule has 10 heteroatoms. The molecule has 1 N–H and O–H groups in total. The van der Waals surface area contributed by atoms with Crippen molar-refractivity contribution < 1.29 is 27.1 Å². The van der Waals surface area contributed by atoms with Crippen LogP contribution in [0.1, 0.15) is 38.2 Å². The average Bonchev–Trinajstić information content (AvgIpc) is 3.48. The molecule has 0 heterocycles. The summed E-state index contributed by atoms with van der Waals surface area (Å²) in [6.07, 6.45) is 3.77. The number of methoxy groups -OCH3 is 1. The third kappa shape index (κ3) is 6.80. The zero-order chi connectivity index (χ0) is 28.7. The Morgan fingerprint density at radius 1 is 0.975 bits per heavy atom. The van der Waals surface area contributed by atoms with Crippen LogP contribution in [-0.2, 0) is 26.2 Å². The highest BCUT2D eigenvalue weighted by atomic mass is 32.2. The molecule has 0 spiro atoms. The number of hydrogen-bond donors (Lipinski definition) is 1. The van der Waals surface area contributed by atoms with E-state index in [1.165, 1.54) is 42.3 Å². The summed E-state index contributed by atoms with van der Waals surface area (Å²) in [5.74, 6) is -1.03. The summed E-state index contributed by atoms with van der Waals surface area (Å²) in [6.45, 7) is 0.789. The number of amides is 2. The molecule has 1 atom stereocenters. The van der Waals surface area contributed by atoms with E-state index in [9.17, 15) is 22.4 Å². The van der Waals surface area contributed by atoms with Crippen molar-refractivity contribution in [2.75, 3.05) is 18.0 Å². The van der Waals surface area contributed by atoms with Gasteiger partial charge in [0.2, 0.25) is 11.8 Å². The van der Waals surface area contributed by atoms with Gasteiger partial charge >= 0.3 is 0 Å². The molecule has 212 valence electrons. The molecule has 1 saturated carbocycles. The molecular formula is C30H34FN3O5S. The third-order valence-electron chi connectivity index (χ3n) is 7.14. The lowest BCUT2D eigenvalue weighted by atomic mass is 10.1. The zero-order valence-electron chi connectivity index (χ0n) is 22.6. The Morgan fingerprint density at radius 2 is 1.60 bits per heavy atom. The summed E-state index contributed by atoms with van der Waals surface area (Å²) in [7, 11) is -2.72. The molecule has 3 aromatic carbocycles. The Morgan fingerprint density at radius 3 is 2.23 bits per heavy atom. The second kappa shape index (κ2) is 13.0. The van der Waals surface area contributed by atoms with Gasteiger partial charge in [0.25, 0.3) is 10.0 Å². The summed E-state index contributed by atoms with van der Waals surface area (Å²) in [6, 6.07) is 19.2. The van der Waals surface area contributed by atoms with Crippen LogP contribution in [-0.4, -0.2) is 50.9 Å². The van der Waals surface area contributed by atoms with Crippen LogP contribution in [0, 0.1) is 5.82 Å². The molecule has 1 aliphatic carbocycles. The molecule has 4 rings (SSSR count). The summed E-state index contributed by atoms with van der Waals surface area (Å²) < 4.78 is 48.4. The van der Waals surface area contributed by atoms with Gasteiger partial charge in [-0.05, 0) is 62.2 Å². The Labute approximate surface area is 234 Å². The van der Waals surface area contributed by atoms with E-state index in [0.29, 0.717) is 5.75 Å². The standard InChI is InChI=1S/C30H34FN3O5S/c1-22(30(36)32-24-11-7-8-12-24)33(20-23-10-6-9-15-28(23)31)29(35)21-34(25-13-4-3-5-14-25)40(37,38)27-18-16-26(39-2)17-19-27/h3-6,9-10,13-19,22,24H,7-8,11-12,20-21H2,1-2H3,(H,32,36). The first-order chi connectivity index (χ1) is 19.2. The van der Waals surface area contributed by atoms with Crippen LogP contribution in [0.4, 0.5) is 10.1 Å². The van der Waals surface area contributed by atoms with Gasteiger partial charge in [-0.2, -0.15) is 0 Å². The molecule has 0 aliphatic heterocycles. The second-order valence-electron chi connectivity index (χ2n) is 9.80. The topological polar surface area (TPSA) is 96.0 Å². The Bertz CT molecular complexity index is 1410. The fourth-order valence-corrected chi connectivity index (χ4v) is 6.20. The molecule has 1 aliphatic rings. The van der Waals surface area contributed by atoms with Gasteiger partial charge in [-0.25, -0.2) is 12.8 Å². The van der Waals surface area contributed by atoms with Gasteiger partial charge in [0.05, 0.1) is 17.7 Å². The number of sulfonamides is 1. The molecule has 0 aromatic heterocycles. The van der Waals surface area contributed by atoms with E-state index in [2.05, 4.69) is 5.32 Å². The van der Waals surface area contributed by atoms with Crippen molar-refractivity contribution in [3.63, 3.8) is 0 Å². The number of nitrogens with zero attached hydrogens (tertiary/aromatic N) is 2. The second-order valence-corrected chi connectivity index (χ2v) is 11.7. The fourth-order valence-electron chi connectivity index (χ4n) is 4.78. The lowest BCUT2D eigenvalue weighted by molar-refractivity contribution is -0.139. The van der Waals surface area contributed by atoms with Gasteiger partial charge in [0, 0.05) is 18.2 Å². The maximum atomic E-state index is 14.7.